The molecule has 0 saturated heterocycles. The van der Waals surface area contributed by atoms with Crippen LogP contribution in [-0.4, -0.2) is 26.3 Å². The summed E-state index contributed by atoms with van der Waals surface area (Å²) in [5.41, 5.74) is 2.46. The van der Waals surface area contributed by atoms with E-state index in [1.54, 1.807) is 4.57 Å². The Kier molecular flexibility index (Phi) is 6.40. The fraction of sp³-hybridized carbons (Fsp3) is 0.154. The van der Waals surface area contributed by atoms with Crippen LogP contribution in [0.5, 0.6) is 5.75 Å². The molecule has 5 aromatic rings. The Balaban J connectivity index is 1.40. The number of para-hydroxylation sites is 1. The van der Waals surface area contributed by atoms with Gasteiger partial charge in [-0.2, -0.15) is 4.98 Å². The number of hydrogen-bond acceptors (Lipinski definition) is 7. The van der Waals surface area contributed by atoms with Crippen molar-refractivity contribution < 1.29 is 9.26 Å². The molecular formula is C26H22N4O3S. The largest absolute Gasteiger partial charge is 0.494 e. The van der Waals surface area contributed by atoms with Gasteiger partial charge in [0.15, 0.2) is 5.16 Å². The summed E-state index contributed by atoms with van der Waals surface area (Å²) in [7, 11) is 0. The van der Waals surface area contributed by atoms with E-state index in [0.29, 0.717) is 46.7 Å². The predicted molar refractivity (Wildman–Crippen MR) is 132 cm³/mol. The molecular weight excluding hydrogens is 448 g/mol. The van der Waals surface area contributed by atoms with Gasteiger partial charge in [0, 0.05) is 5.56 Å². The summed E-state index contributed by atoms with van der Waals surface area (Å²) in [5, 5.41) is 5.30. The fourth-order valence-corrected chi connectivity index (χ4v) is 4.42. The molecule has 34 heavy (non-hydrogen) atoms. The quantitative estimate of drug-likeness (QED) is 0.228. The van der Waals surface area contributed by atoms with Crippen LogP contribution in [0.25, 0.3) is 22.3 Å². The Morgan fingerprint density at radius 3 is 2.50 bits per heavy atom. The Morgan fingerprint density at radius 1 is 0.941 bits per heavy atom. The first-order valence-corrected chi connectivity index (χ1v) is 11.9. The molecule has 5 rings (SSSR count). The van der Waals surface area contributed by atoms with Crippen LogP contribution >= 0.6 is 11.8 Å². The molecule has 0 aliphatic heterocycles. The second kappa shape index (κ2) is 9.93. The predicted octanol–water partition coefficient (Wildman–Crippen LogP) is 5.19. The van der Waals surface area contributed by atoms with Crippen molar-refractivity contribution in [1.29, 1.82) is 0 Å². The Labute approximate surface area is 200 Å². The highest BCUT2D eigenvalue weighted by Gasteiger charge is 2.15. The second-order valence-electron chi connectivity index (χ2n) is 7.55. The summed E-state index contributed by atoms with van der Waals surface area (Å²) >= 11 is 1.40. The van der Waals surface area contributed by atoms with E-state index in [2.05, 4.69) is 10.1 Å². The smallest absolute Gasteiger partial charge is 0.262 e. The van der Waals surface area contributed by atoms with Crippen LogP contribution in [0.2, 0.25) is 0 Å². The molecule has 3 aromatic carbocycles. The van der Waals surface area contributed by atoms with Crippen LogP contribution in [0.15, 0.2) is 93.3 Å². The number of fused-ring (bicyclic) bond motifs is 1. The summed E-state index contributed by atoms with van der Waals surface area (Å²) in [4.78, 5) is 22.6. The van der Waals surface area contributed by atoms with E-state index in [0.717, 1.165) is 16.9 Å². The minimum Gasteiger partial charge on any atom is -0.494 e. The molecule has 0 fully saturated rings. The van der Waals surface area contributed by atoms with Crippen molar-refractivity contribution in [2.45, 2.75) is 24.4 Å². The molecule has 170 valence electrons. The van der Waals surface area contributed by atoms with Crippen molar-refractivity contribution in [3.05, 3.63) is 101 Å². The maximum Gasteiger partial charge on any atom is 0.262 e. The number of hydrogen-bond donors (Lipinski definition) is 0. The van der Waals surface area contributed by atoms with Gasteiger partial charge < -0.3 is 9.26 Å². The lowest BCUT2D eigenvalue weighted by Gasteiger charge is -2.12. The molecule has 0 bridgehead atoms. The third kappa shape index (κ3) is 4.72. The number of rotatable bonds is 8. The number of benzene rings is 3. The molecule has 0 unspecified atom stereocenters. The highest BCUT2D eigenvalue weighted by molar-refractivity contribution is 7.98. The summed E-state index contributed by atoms with van der Waals surface area (Å²) in [5.74, 6) is 2.16. The van der Waals surface area contributed by atoms with E-state index in [4.69, 9.17) is 14.2 Å². The van der Waals surface area contributed by atoms with E-state index in [1.807, 2.05) is 85.8 Å². The van der Waals surface area contributed by atoms with E-state index in [1.165, 1.54) is 11.8 Å². The van der Waals surface area contributed by atoms with E-state index >= 15 is 0 Å². The fourth-order valence-electron chi connectivity index (χ4n) is 3.59. The number of ether oxygens (including phenoxy) is 1. The van der Waals surface area contributed by atoms with Crippen molar-refractivity contribution in [2.75, 3.05) is 6.61 Å². The van der Waals surface area contributed by atoms with Gasteiger partial charge >= 0.3 is 0 Å². The maximum absolute atomic E-state index is 13.3. The maximum atomic E-state index is 13.3. The van der Waals surface area contributed by atoms with Gasteiger partial charge in [0.1, 0.15) is 5.75 Å². The first-order valence-electron chi connectivity index (χ1n) is 10.9. The van der Waals surface area contributed by atoms with Crippen molar-refractivity contribution in [3.8, 4) is 17.1 Å². The molecule has 0 spiro atoms. The zero-order valence-corrected chi connectivity index (χ0v) is 19.4. The normalized spacial score (nSPS) is 11.1. The third-order valence-corrected chi connectivity index (χ3v) is 6.19. The average Bonchev–Trinajstić information content (AvgIpc) is 3.35. The number of thioether (sulfide) groups is 1. The standard InChI is InChI=1S/C26H22N4O3S/c1-2-32-20-14-12-19(13-15-20)24-28-23(33-29-24)17-34-26-27-22-11-7-6-10-21(22)25(31)30(26)16-18-8-4-3-5-9-18/h3-15H,2,16-17H2,1H3. The SMILES string of the molecule is CCOc1ccc(-c2noc(CSc3nc4ccccc4c(=O)n3Cc3ccccc3)n2)cc1. The van der Waals surface area contributed by atoms with E-state index in [9.17, 15) is 4.79 Å². The van der Waals surface area contributed by atoms with Gasteiger partial charge in [-0.05, 0) is 48.9 Å². The van der Waals surface area contributed by atoms with Gasteiger partial charge in [0.2, 0.25) is 11.7 Å². The molecule has 0 atom stereocenters. The van der Waals surface area contributed by atoms with Crippen LogP contribution in [0.1, 0.15) is 18.4 Å². The molecule has 0 amide bonds. The van der Waals surface area contributed by atoms with Crippen LogP contribution in [0.4, 0.5) is 0 Å². The van der Waals surface area contributed by atoms with Gasteiger partial charge in [-0.15, -0.1) is 0 Å². The highest BCUT2D eigenvalue weighted by Crippen LogP contribution is 2.25. The lowest BCUT2D eigenvalue weighted by Crippen LogP contribution is -2.24. The summed E-state index contributed by atoms with van der Waals surface area (Å²) in [6.45, 7) is 2.99. The van der Waals surface area contributed by atoms with Gasteiger partial charge in [-0.1, -0.05) is 59.4 Å². The molecule has 7 nitrogen and oxygen atoms in total. The first kappa shape index (κ1) is 21.9. The molecule has 8 heteroatoms. The van der Waals surface area contributed by atoms with Crippen molar-refractivity contribution >= 4 is 22.7 Å². The molecule has 2 aromatic heterocycles. The third-order valence-electron chi connectivity index (χ3n) is 5.23. The second-order valence-corrected chi connectivity index (χ2v) is 8.49. The van der Waals surface area contributed by atoms with Crippen LogP contribution in [0, 0.1) is 0 Å². The molecule has 2 heterocycles. The Bertz CT molecular complexity index is 1460. The molecule has 0 radical (unpaired) electrons. The van der Waals surface area contributed by atoms with Gasteiger partial charge in [-0.25, -0.2) is 4.98 Å². The lowest BCUT2D eigenvalue weighted by atomic mass is 10.2. The Morgan fingerprint density at radius 2 is 1.71 bits per heavy atom. The van der Waals surface area contributed by atoms with Crippen LogP contribution in [-0.2, 0) is 12.3 Å². The minimum absolute atomic E-state index is 0.0717. The summed E-state index contributed by atoms with van der Waals surface area (Å²) in [6, 6.07) is 24.8. The lowest BCUT2D eigenvalue weighted by molar-refractivity contribution is 0.340. The Hall–Kier alpha value is -3.91. The summed E-state index contributed by atoms with van der Waals surface area (Å²) in [6.07, 6.45) is 0. The summed E-state index contributed by atoms with van der Waals surface area (Å²) < 4.78 is 12.6. The molecule has 0 aliphatic carbocycles. The zero-order valence-electron chi connectivity index (χ0n) is 18.5. The molecule has 0 aliphatic rings. The van der Waals surface area contributed by atoms with Gasteiger partial charge in [-0.3, -0.25) is 9.36 Å². The minimum atomic E-state index is -0.0717. The number of aromatic nitrogens is 4. The van der Waals surface area contributed by atoms with Crippen LogP contribution < -0.4 is 10.3 Å². The average molecular weight is 471 g/mol. The van der Waals surface area contributed by atoms with E-state index < -0.39 is 0 Å². The number of nitrogens with zero attached hydrogens (tertiary/aromatic N) is 4. The topological polar surface area (TPSA) is 83.0 Å². The van der Waals surface area contributed by atoms with Crippen LogP contribution in [0.3, 0.4) is 0 Å². The molecule has 0 saturated carbocycles. The van der Waals surface area contributed by atoms with Crippen molar-refractivity contribution in [1.82, 2.24) is 19.7 Å². The van der Waals surface area contributed by atoms with Gasteiger partial charge in [0.25, 0.3) is 5.56 Å². The van der Waals surface area contributed by atoms with Gasteiger partial charge in [0.05, 0.1) is 29.8 Å². The first-order chi connectivity index (χ1) is 16.7. The molecule has 0 N–H and O–H groups in total. The highest BCUT2D eigenvalue weighted by atomic mass is 32.2. The monoisotopic (exact) mass is 470 g/mol. The van der Waals surface area contributed by atoms with E-state index in [-0.39, 0.29) is 5.56 Å². The van der Waals surface area contributed by atoms with Crippen molar-refractivity contribution in [3.63, 3.8) is 0 Å². The van der Waals surface area contributed by atoms with Crippen molar-refractivity contribution in [2.24, 2.45) is 0 Å². The zero-order chi connectivity index (χ0) is 23.3.